The van der Waals surface area contributed by atoms with Gasteiger partial charge in [0.1, 0.15) is 6.04 Å². The molecule has 0 bridgehead atoms. The van der Waals surface area contributed by atoms with E-state index in [1.165, 1.54) is 4.90 Å². The maximum atomic E-state index is 12.5. The van der Waals surface area contributed by atoms with Gasteiger partial charge < -0.3 is 10.0 Å². The Bertz CT molecular complexity index is 459. The average molecular weight is 322 g/mol. The Morgan fingerprint density at radius 3 is 2.05 bits per heavy atom. The summed E-state index contributed by atoms with van der Waals surface area (Å²) >= 11 is 0. The molecular weight excluding hydrogens is 296 g/mol. The summed E-state index contributed by atoms with van der Waals surface area (Å²) in [7, 11) is -3.52. The van der Waals surface area contributed by atoms with Crippen LogP contribution in [0.3, 0.4) is 0 Å². The smallest absolute Gasteiger partial charge is 0.305 e. The quantitative estimate of drug-likeness (QED) is 0.649. The second-order valence-corrected chi connectivity index (χ2v) is 7.62. The number of nitrogens with zero attached hydrogens (tertiary/aromatic N) is 1. The molecule has 1 atom stereocenters. The molecule has 0 fully saturated rings. The van der Waals surface area contributed by atoms with Gasteiger partial charge >= 0.3 is 5.97 Å². The van der Waals surface area contributed by atoms with Crippen molar-refractivity contribution in [2.45, 2.75) is 52.6 Å². The van der Waals surface area contributed by atoms with Gasteiger partial charge in [-0.3, -0.25) is 9.59 Å². The fourth-order valence-corrected chi connectivity index (χ4v) is 2.68. The highest BCUT2D eigenvalue weighted by atomic mass is 32.2. The van der Waals surface area contributed by atoms with E-state index < -0.39 is 22.0 Å². The third kappa shape index (κ3) is 8.67. The number of amides is 1. The fourth-order valence-electron chi connectivity index (χ4n) is 1.97. The van der Waals surface area contributed by atoms with Gasteiger partial charge in [-0.05, 0) is 26.2 Å². The minimum absolute atomic E-state index is 0.0614. The van der Waals surface area contributed by atoms with Crippen LogP contribution in [0, 0.1) is 5.92 Å². The highest BCUT2D eigenvalue weighted by Crippen LogP contribution is 2.12. The number of aliphatic carboxylic acids is 1. The molecule has 7 nitrogen and oxygen atoms in total. The molecule has 0 heterocycles. The number of carboxylic acid groups (broad SMARTS) is 1. The number of hydrogen-bond donors (Lipinski definition) is 2. The Labute approximate surface area is 126 Å². The molecule has 0 aromatic heterocycles. The molecule has 0 aliphatic heterocycles. The largest absolute Gasteiger partial charge is 0.481 e. The van der Waals surface area contributed by atoms with Gasteiger partial charge in [0.25, 0.3) is 0 Å². The van der Waals surface area contributed by atoms with Crippen LogP contribution in [0.4, 0.5) is 0 Å². The van der Waals surface area contributed by atoms with E-state index in [1.54, 1.807) is 13.8 Å². The number of nitrogens with one attached hydrogen (secondary N) is 1. The first-order chi connectivity index (χ1) is 9.44. The van der Waals surface area contributed by atoms with E-state index in [2.05, 4.69) is 4.72 Å². The van der Waals surface area contributed by atoms with Crippen LogP contribution in [-0.2, 0) is 19.6 Å². The maximum absolute atomic E-state index is 12.5. The van der Waals surface area contributed by atoms with Gasteiger partial charge in [-0.25, -0.2) is 13.1 Å². The lowest BCUT2D eigenvalue weighted by Crippen LogP contribution is -2.51. The van der Waals surface area contributed by atoms with Crippen molar-refractivity contribution >= 4 is 21.9 Å². The number of hydrogen-bond acceptors (Lipinski definition) is 4. The van der Waals surface area contributed by atoms with Crippen LogP contribution in [0.15, 0.2) is 0 Å². The lowest BCUT2D eigenvalue weighted by atomic mass is 10.0. The number of sulfonamides is 1. The number of carbonyl (C=O) groups excluding carboxylic acids is 1. The van der Waals surface area contributed by atoms with Crippen LogP contribution in [0.25, 0.3) is 0 Å². The number of carbonyl (C=O) groups is 2. The Morgan fingerprint density at radius 2 is 1.71 bits per heavy atom. The van der Waals surface area contributed by atoms with E-state index >= 15 is 0 Å². The molecule has 0 saturated carbocycles. The zero-order valence-electron chi connectivity index (χ0n) is 13.3. The highest BCUT2D eigenvalue weighted by Gasteiger charge is 2.29. The van der Waals surface area contributed by atoms with Crippen molar-refractivity contribution in [1.29, 1.82) is 0 Å². The molecule has 0 rings (SSSR count). The van der Waals surface area contributed by atoms with Crippen LogP contribution in [-0.4, -0.2) is 55.2 Å². The maximum Gasteiger partial charge on any atom is 0.305 e. The van der Waals surface area contributed by atoms with E-state index in [9.17, 15) is 18.0 Å². The third-order valence-corrected chi connectivity index (χ3v) is 3.55. The van der Waals surface area contributed by atoms with E-state index in [4.69, 9.17) is 5.11 Å². The van der Waals surface area contributed by atoms with Crippen LogP contribution < -0.4 is 4.72 Å². The molecule has 0 aliphatic rings. The first-order valence-corrected chi connectivity index (χ1v) is 8.82. The summed E-state index contributed by atoms with van der Waals surface area (Å²) in [5.74, 6) is -1.25. The predicted octanol–water partition coefficient (Wildman–Crippen LogP) is 0.662. The molecule has 0 aliphatic carbocycles. The Hall–Kier alpha value is -1.15. The van der Waals surface area contributed by atoms with Crippen molar-refractivity contribution in [3.63, 3.8) is 0 Å². The number of rotatable bonds is 9. The zero-order chi connectivity index (χ0) is 16.8. The predicted molar refractivity (Wildman–Crippen MR) is 80.3 cm³/mol. The minimum Gasteiger partial charge on any atom is -0.481 e. The summed E-state index contributed by atoms with van der Waals surface area (Å²) in [5, 5.41) is 8.75. The summed E-state index contributed by atoms with van der Waals surface area (Å²) in [6, 6.07) is -1.07. The van der Waals surface area contributed by atoms with E-state index in [1.807, 2.05) is 13.8 Å². The molecule has 0 saturated heterocycles. The summed E-state index contributed by atoms with van der Waals surface area (Å²) in [6.07, 6.45) is 1.20. The molecule has 0 radical (unpaired) electrons. The first-order valence-electron chi connectivity index (χ1n) is 6.93. The normalized spacial score (nSPS) is 13.5. The van der Waals surface area contributed by atoms with Gasteiger partial charge in [0.05, 0.1) is 12.7 Å². The number of carboxylic acids is 1. The van der Waals surface area contributed by atoms with E-state index in [0.717, 1.165) is 6.26 Å². The Morgan fingerprint density at radius 1 is 1.19 bits per heavy atom. The molecule has 21 heavy (non-hydrogen) atoms. The monoisotopic (exact) mass is 322 g/mol. The van der Waals surface area contributed by atoms with Crippen LogP contribution in [0.2, 0.25) is 0 Å². The van der Waals surface area contributed by atoms with Crippen molar-refractivity contribution < 1.29 is 23.1 Å². The van der Waals surface area contributed by atoms with E-state index in [-0.39, 0.29) is 30.8 Å². The van der Waals surface area contributed by atoms with Gasteiger partial charge in [0, 0.05) is 12.6 Å². The fraction of sp³-hybridized carbons (Fsp3) is 0.846. The topological polar surface area (TPSA) is 104 Å². The summed E-state index contributed by atoms with van der Waals surface area (Å²) in [5.41, 5.74) is 0. The SMILES string of the molecule is CC(C)CC(NS(C)(=O)=O)C(=O)N(CCC(=O)O)C(C)C. The van der Waals surface area contributed by atoms with Crippen molar-refractivity contribution in [2.24, 2.45) is 5.92 Å². The molecule has 8 heteroatoms. The first kappa shape index (κ1) is 19.9. The van der Waals surface area contributed by atoms with Gasteiger partial charge in [0.2, 0.25) is 15.9 Å². The summed E-state index contributed by atoms with van der Waals surface area (Å²) < 4.78 is 25.2. The molecule has 0 spiro atoms. The minimum atomic E-state index is -3.52. The van der Waals surface area contributed by atoms with Gasteiger partial charge in [-0.1, -0.05) is 13.8 Å². The van der Waals surface area contributed by atoms with Crippen molar-refractivity contribution in [1.82, 2.24) is 9.62 Å². The molecule has 1 unspecified atom stereocenters. The van der Waals surface area contributed by atoms with Crippen LogP contribution in [0.5, 0.6) is 0 Å². The van der Waals surface area contributed by atoms with E-state index in [0.29, 0.717) is 6.42 Å². The summed E-state index contributed by atoms with van der Waals surface area (Å²) in [4.78, 5) is 24.6. The summed E-state index contributed by atoms with van der Waals surface area (Å²) in [6.45, 7) is 7.38. The van der Waals surface area contributed by atoms with Gasteiger partial charge in [-0.2, -0.15) is 0 Å². The second kappa shape index (κ2) is 8.33. The third-order valence-electron chi connectivity index (χ3n) is 2.83. The highest BCUT2D eigenvalue weighted by molar-refractivity contribution is 7.88. The van der Waals surface area contributed by atoms with Gasteiger partial charge in [0.15, 0.2) is 0 Å². The Balaban J connectivity index is 5.13. The molecular formula is C13H26N2O5S. The second-order valence-electron chi connectivity index (χ2n) is 5.84. The van der Waals surface area contributed by atoms with Crippen LogP contribution >= 0.6 is 0 Å². The van der Waals surface area contributed by atoms with Gasteiger partial charge in [-0.15, -0.1) is 0 Å². The molecule has 124 valence electrons. The zero-order valence-corrected chi connectivity index (χ0v) is 14.1. The van der Waals surface area contributed by atoms with Crippen LogP contribution in [0.1, 0.15) is 40.5 Å². The molecule has 0 aromatic rings. The standard InChI is InChI=1S/C13H26N2O5S/c1-9(2)8-11(14-21(5,19)20)13(18)15(10(3)4)7-6-12(16)17/h9-11,14H,6-8H2,1-5H3,(H,16,17). The lowest BCUT2D eigenvalue weighted by molar-refractivity contribution is -0.139. The van der Waals surface area contributed by atoms with Crippen molar-refractivity contribution in [3.8, 4) is 0 Å². The molecule has 1 amide bonds. The van der Waals surface area contributed by atoms with Crippen molar-refractivity contribution in [2.75, 3.05) is 12.8 Å². The average Bonchev–Trinajstić information content (AvgIpc) is 2.24. The Kier molecular flexibility index (Phi) is 7.87. The van der Waals surface area contributed by atoms with Crippen molar-refractivity contribution in [3.05, 3.63) is 0 Å². The lowest BCUT2D eigenvalue weighted by Gasteiger charge is -2.31. The molecule has 0 aromatic carbocycles. The molecule has 2 N–H and O–H groups in total.